The fourth-order valence-electron chi connectivity index (χ4n) is 2.26. The van der Waals surface area contributed by atoms with Gasteiger partial charge in [-0.1, -0.05) is 35.9 Å². The van der Waals surface area contributed by atoms with Crippen molar-refractivity contribution in [3.63, 3.8) is 0 Å². The molecule has 0 atom stereocenters. The number of benzene rings is 2. The van der Waals surface area contributed by atoms with E-state index in [9.17, 15) is 14.0 Å². The van der Waals surface area contributed by atoms with Gasteiger partial charge in [0.1, 0.15) is 18.2 Å². The second-order valence-corrected chi connectivity index (χ2v) is 7.02. The van der Waals surface area contributed by atoms with Gasteiger partial charge in [-0.05, 0) is 41.6 Å². The van der Waals surface area contributed by atoms with Crippen LogP contribution in [0.15, 0.2) is 52.4 Å². The molecule has 0 bridgehead atoms. The highest BCUT2D eigenvalue weighted by atomic mass is 35.5. The number of amides is 2. The molecule has 0 aliphatic carbocycles. The van der Waals surface area contributed by atoms with Crippen molar-refractivity contribution in [2.24, 2.45) is 4.99 Å². The number of rotatable bonds is 4. The topological polar surface area (TPSA) is 67.8 Å². The van der Waals surface area contributed by atoms with Crippen LogP contribution in [-0.4, -0.2) is 17.0 Å². The van der Waals surface area contributed by atoms with Gasteiger partial charge in [-0.2, -0.15) is 4.99 Å². The number of carbonyl (C=O) groups excluding carboxylic acids is 2. The van der Waals surface area contributed by atoms with Crippen molar-refractivity contribution in [1.82, 2.24) is 5.32 Å². The standard InChI is InChI=1S/C19H14ClFN2O3S/c1-11(24)22-19-23-18(25)17(27-19)9-12-6-7-16(14(20)8-12)26-10-13-4-2-3-5-15(13)21/h2-9H,10H2,1H3,(H,22,23,24,25). The van der Waals surface area contributed by atoms with E-state index in [1.165, 1.54) is 13.0 Å². The number of nitrogens with one attached hydrogen (secondary N) is 1. The van der Waals surface area contributed by atoms with Crippen LogP contribution in [0, 0.1) is 5.82 Å². The van der Waals surface area contributed by atoms with Crippen molar-refractivity contribution in [3.05, 3.63) is 69.3 Å². The molecule has 0 spiro atoms. The lowest BCUT2D eigenvalue weighted by Crippen LogP contribution is -2.23. The number of thioether (sulfide) groups is 1. The van der Waals surface area contributed by atoms with Gasteiger partial charge in [0.05, 0.1) is 9.93 Å². The van der Waals surface area contributed by atoms with Crippen molar-refractivity contribution in [2.75, 3.05) is 0 Å². The van der Waals surface area contributed by atoms with Crippen LogP contribution >= 0.6 is 23.4 Å². The van der Waals surface area contributed by atoms with E-state index in [-0.39, 0.29) is 23.5 Å². The number of aliphatic imine (C=N–C) groups is 1. The number of amidine groups is 1. The molecular formula is C19H14ClFN2O3S. The fraction of sp³-hybridized carbons (Fsp3) is 0.105. The predicted molar refractivity (Wildman–Crippen MR) is 104 cm³/mol. The second kappa shape index (κ2) is 8.37. The van der Waals surface area contributed by atoms with Gasteiger partial charge in [0.25, 0.3) is 5.91 Å². The summed E-state index contributed by atoms with van der Waals surface area (Å²) in [4.78, 5) is 27.1. The molecule has 1 aliphatic rings. The molecule has 0 radical (unpaired) electrons. The average molecular weight is 405 g/mol. The summed E-state index contributed by atoms with van der Waals surface area (Å²) in [5.74, 6) is -0.668. The summed E-state index contributed by atoms with van der Waals surface area (Å²) in [6.45, 7) is 1.39. The minimum Gasteiger partial charge on any atom is -0.487 e. The number of halogens is 2. The molecule has 138 valence electrons. The number of nitrogens with zero attached hydrogens (tertiary/aromatic N) is 1. The fourth-order valence-corrected chi connectivity index (χ4v) is 3.36. The summed E-state index contributed by atoms with van der Waals surface area (Å²) in [6, 6.07) is 11.3. The molecular weight excluding hydrogens is 391 g/mol. The van der Waals surface area contributed by atoms with Crippen LogP contribution in [0.25, 0.3) is 6.08 Å². The normalized spacial score (nSPS) is 15.0. The number of carbonyl (C=O) groups is 2. The molecule has 2 aromatic rings. The zero-order chi connectivity index (χ0) is 19.4. The molecule has 5 nitrogen and oxygen atoms in total. The quantitative estimate of drug-likeness (QED) is 0.777. The van der Waals surface area contributed by atoms with Crippen LogP contribution in [0.4, 0.5) is 4.39 Å². The van der Waals surface area contributed by atoms with E-state index < -0.39 is 5.91 Å². The van der Waals surface area contributed by atoms with E-state index in [4.69, 9.17) is 16.3 Å². The maximum Gasteiger partial charge on any atom is 0.286 e. The summed E-state index contributed by atoms with van der Waals surface area (Å²) in [6.07, 6.45) is 1.62. The summed E-state index contributed by atoms with van der Waals surface area (Å²) in [5, 5.41) is 3.06. The highest BCUT2D eigenvalue weighted by Gasteiger charge is 2.22. The summed E-state index contributed by atoms with van der Waals surface area (Å²) in [7, 11) is 0. The van der Waals surface area contributed by atoms with Crippen LogP contribution < -0.4 is 10.1 Å². The molecule has 0 unspecified atom stereocenters. The van der Waals surface area contributed by atoms with Crippen molar-refractivity contribution >= 4 is 46.4 Å². The maximum atomic E-state index is 13.6. The Balaban J connectivity index is 1.69. The van der Waals surface area contributed by atoms with Gasteiger partial charge in [-0.25, -0.2) is 4.39 Å². The SMILES string of the molecule is CC(=O)NC1=NC(=O)C(=Cc2ccc(OCc3ccccc3F)c(Cl)c2)S1. The number of hydrogen-bond acceptors (Lipinski definition) is 4. The Morgan fingerprint density at radius 2 is 2.11 bits per heavy atom. The first-order valence-electron chi connectivity index (χ1n) is 7.88. The molecule has 2 aromatic carbocycles. The predicted octanol–water partition coefficient (Wildman–Crippen LogP) is 4.16. The third-order valence-corrected chi connectivity index (χ3v) is 4.69. The van der Waals surface area contributed by atoms with Gasteiger partial charge < -0.3 is 10.1 Å². The molecule has 8 heteroatoms. The van der Waals surface area contributed by atoms with Crippen molar-refractivity contribution in [2.45, 2.75) is 13.5 Å². The molecule has 0 aromatic heterocycles. The van der Waals surface area contributed by atoms with E-state index in [1.807, 2.05) is 0 Å². The summed E-state index contributed by atoms with van der Waals surface area (Å²) >= 11 is 7.30. The van der Waals surface area contributed by atoms with E-state index >= 15 is 0 Å². The highest BCUT2D eigenvalue weighted by molar-refractivity contribution is 8.18. The number of hydrogen-bond donors (Lipinski definition) is 1. The molecule has 0 saturated carbocycles. The first-order chi connectivity index (χ1) is 12.9. The van der Waals surface area contributed by atoms with Gasteiger partial charge in [0, 0.05) is 12.5 Å². The van der Waals surface area contributed by atoms with Crippen LogP contribution in [0.1, 0.15) is 18.1 Å². The lowest BCUT2D eigenvalue weighted by Gasteiger charge is -2.09. The Bertz CT molecular complexity index is 975. The Morgan fingerprint density at radius 3 is 2.81 bits per heavy atom. The molecule has 2 amide bonds. The van der Waals surface area contributed by atoms with Crippen LogP contribution in [0.5, 0.6) is 5.75 Å². The largest absolute Gasteiger partial charge is 0.487 e. The molecule has 1 heterocycles. The third-order valence-electron chi connectivity index (χ3n) is 3.50. The Hall–Kier alpha value is -2.64. The van der Waals surface area contributed by atoms with Gasteiger partial charge in [-0.15, -0.1) is 0 Å². The number of ether oxygens (including phenoxy) is 1. The smallest absolute Gasteiger partial charge is 0.286 e. The molecule has 3 rings (SSSR count). The summed E-state index contributed by atoms with van der Waals surface area (Å²) in [5.41, 5.74) is 1.10. The Kier molecular flexibility index (Phi) is 5.93. The van der Waals surface area contributed by atoms with Gasteiger partial charge in [0.2, 0.25) is 5.91 Å². The van der Waals surface area contributed by atoms with E-state index in [2.05, 4.69) is 10.3 Å². The summed E-state index contributed by atoms with van der Waals surface area (Å²) < 4.78 is 19.2. The zero-order valence-electron chi connectivity index (χ0n) is 14.2. The van der Waals surface area contributed by atoms with Gasteiger partial charge in [0.15, 0.2) is 5.17 Å². The molecule has 1 aliphatic heterocycles. The van der Waals surface area contributed by atoms with Crippen LogP contribution in [0.3, 0.4) is 0 Å². The molecule has 0 fully saturated rings. The minimum absolute atomic E-state index is 0.0507. The first kappa shape index (κ1) is 19.1. The van der Waals surface area contributed by atoms with Crippen LogP contribution in [0.2, 0.25) is 5.02 Å². The van der Waals surface area contributed by atoms with Gasteiger partial charge >= 0.3 is 0 Å². The lowest BCUT2D eigenvalue weighted by atomic mass is 10.2. The van der Waals surface area contributed by atoms with E-state index in [1.54, 1.807) is 42.5 Å². The average Bonchev–Trinajstić information content (AvgIpc) is 2.94. The lowest BCUT2D eigenvalue weighted by molar-refractivity contribution is -0.117. The van der Waals surface area contributed by atoms with Crippen molar-refractivity contribution in [1.29, 1.82) is 0 Å². The second-order valence-electron chi connectivity index (χ2n) is 5.58. The van der Waals surface area contributed by atoms with E-state index in [0.717, 1.165) is 11.8 Å². The van der Waals surface area contributed by atoms with Gasteiger partial charge in [-0.3, -0.25) is 9.59 Å². The first-order valence-corrected chi connectivity index (χ1v) is 9.08. The zero-order valence-corrected chi connectivity index (χ0v) is 15.7. The van der Waals surface area contributed by atoms with Crippen molar-refractivity contribution < 1.29 is 18.7 Å². The Morgan fingerprint density at radius 1 is 1.33 bits per heavy atom. The molecule has 1 N–H and O–H groups in total. The van der Waals surface area contributed by atoms with E-state index in [0.29, 0.717) is 26.8 Å². The Labute approximate surface area is 164 Å². The third kappa shape index (κ3) is 4.96. The monoisotopic (exact) mass is 404 g/mol. The molecule has 27 heavy (non-hydrogen) atoms. The molecule has 0 saturated heterocycles. The highest BCUT2D eigenvalue weighted by Crippen LogP contribution is 2.31. The van der Waals surface area contributed by atoms with Crippen molar-refractivity contribution in [3.8, 4) is 5.75 Å². The maximum absolute atomic E-state index is 13.6. The minimum atomic E-state index is -0.431. The van der Waals surface area contributed by atoms with Crippen LogP contribution in [-0.2, 0) is 16.2 Å².